The van der Waals surface area contributed by atoms with Crippen LogP contribution in [0.1, 0.15) is 24.9 Å². The highest BCUT2D eigenvalue weighted by Crippen LogP contribution is 2.37. The maximum Gasteiger partial charge on any atom is 0.228 e. The third-order valence-electron chi connectivity index (χ3n) is 6.22. The van der Waals surface area contributed by atoms with E-state index >= 15 is 4.39 Å². The van der Waals surface area contributed by atoms with Gasteiger partial charge in [-0.2, -0.15) is 4.98 Å². The molecule has 11 heteroatoms. The van der Waals surface area contributed by atoms with Crippen LogP contribution in [0.3, 0.4) is 0 Å². The molecule has 0 spiro atoms. The van der Waals surface area contributed by atoms with E-state index in [4.69, 9.17) is 20.9 Å². The van der Waals surface area contributed by atoms with Crippen LogP contribution < -0.4 is 25.8 Å². The molecule has 4 N–H and O–H groups in total. The van der Waals surface area contributed by atoms with Gasteiger partial charge < -0.3 is 30.7 Å². The van der Waals surface area contributed by atoms with E-state index in [1.807, 2.05) is 11.8 Å². The van der Waals surface area contributed by atoms with E-state index in [0.29, 0.717) is 30.6 Å². The first-order chi connectivity index (χ1) is 16.7. The van der Waals surface area contributed by atoms with Crippen molar-refractivity contribution in [2.75, 3.05) is 44.5 Å². The SMILES string of the molecule is COc1cc2c(N)nc(N3CCN(C(=O)CC(N)c4ccc(F)cc4)CC3C)nc2c(F)c1OC. The van der Waals surface area contributed by atoms with E-state index in [0.717, 1.165) is 0 Å². The van der Waals surface area contributed by atoms with Crippen LogP contribution in [-0.4, -0.2) is 60.7 Å². The van der Waals surface area contributed by atoms with Gasteiger partial charge in [0.25, 0.3) is 0 Å². The molecule has 3 aromatic rings. The minimum absolute atomic E-state index is 0.0288. The first-order valence-electron chi connectivity index (χ1n) is 11.2. The number of methoxy groups -OCH3 is 2. The zero-order valence-corrected chi connectivity index (χ0v) is 19.8. The molecule has 1 aromatic heterocycles. The molecule has 1 amide bonds. The molecule has 2 unspecified atom stereocenters. The lowest BCUT2D eigenvalue weighted by molar-refractivity contribution is -0.132. The maximum absolute atomic E-state index is 15.1. The zero-order valence-electron chi connectivity index (χ0n) is 19.8. The molecular weight excluding hydrogens is 458 g/mol. The quantitative estimate of drug-likeness (QED) is 0.546. The van der Waals surface area contributed by atoms with Crippen LogP contribution in [0, 0.1) is 11.6 Å². The summed E-state index contributed by atoms with van der Waals surface area (Å²) in [6.45, 7) is 3.17. The van der Waals surface area contributed by atoms with Gasteiger partial charge in [0, 0.05) is 43.5 Å². The Kier molecular flexibility index (Phi) is 6.88. The van der Waals surface area contributed by atoms with Crippen molar-refractivity contribution in [2.24, 2.45) is 5.73 Å². The third kappa shape index (κ3) is 4.76. The van der Waals surface area contributed by atoms with E-state index < -0.39 is 11.9 Å². The van der Waals surface area contributed by atoms with E-state index in [9.17, 15) is 9.18 Å². The predicted octanol–water partition coefficient (Wildman–Crippen LogP) is 2.63. The third-order valence-corrected chi connectivity index (χ3v) is 6.22. The molecule has 2 heterocycles. The number of halogens is 2. The van der Waals surface area contributed by atoms with Crippen molar-refractivity contribution in [1.82, 2.24) is 14.9 Å². The summed E-state index contributed by atoms with van der Waals surface area (Å²) < 4.78 is 38.6. The van der Waals surface area contributed by atoms with Crippen LogP contribution in [0.2, 0.25) is 0 Å². The number of rotatable bonds is 6. The summed E-state index contributed by atoms with van der Waals surface area (Å²) >= 11 is 0. The van der Waals surface area contributed by atoms with Gasteiger partial charge in [-0.1, -0.05) is 12.1 Å². The summed E-state index contributed by atoms with van der Waals surface area (Å²) in [5.41, 5.74) is 13.0. The van der Waals surface area contributed by atoms with Gasteiger partial charge in [-0.3, -0.25) is 4.79 Å². The van der Waals surface area contributed by atoms with Crippen molar-refractivity contribution in [2.45, 2.75) is 25.4 Å². The predicted molar refractivity (Wildman–Crippen MR) is 128 cm³/mol. The number of piperazine rings is 1. The van der Waals surface area contributed by atoms with Crippen LogP contribution in [0.25, 0.3) is 10.9 Å². The number of nitrogens with zero attached hydrogens (tertiary/aromatic N) is 4. The fraction of sp³-hybridized carbons (Fsp3) is 0.375. The van der Waals surface area contributed by atoms with Gasteiger partial charge in [-0.05, 0) is 30.7 Å². The van der Waals surface area contributed by atoms with Crippen LogP contribution >= 0.6 is 0 Å². The fourth-order valence-corrected chi connectivity index (χ4v) is 4.29. The molecule has 0 saturated carbocycles. The van der Waals surface area contributed by atoms with Crippen molar-refractivity contribution in [3.8, 4) is 11.5 Å². The minimum Gasteiger partial charge on any atom is -0.493 e. The number of fused-ring (bicyclic) bond motifs is 1. The fourth-order valence-electron chi connectivity index (χ4n) is 4.29. The average molecular weight is 487 g/mol. The number of nitrogens with two attached hydrogens (primary N) is 2. The summed E-state index contributed by atoms with van der Waals surface area (Å²) in [7, 11) is 2.75. The number of carbonyl (C=O) groups is 1. The first-order valence-corrected chi connectivity index (χ1v) is 11.2. The number of nitrogen functional groups attached to an aromatic ring is 1. The summed E-state index contributed by atoms with van der Waals surface area (Å²) in [6.07, 6.45) is 0.102. The first kappa shape index (κ1) is 24.4. The Hall–Kier alpha value is -3.73. The number of aromatic nitrogens is 2. The molecule has 9 nitrogen and oxygen atoms in total. The lowest BCUT2D eigenvalue weighted by Gasteiger charge is -2.40. The van der Waals surface area contributed by atoms with Gasteiger partial charge in [0.05, 0.1) is 14.2 Å². The highest BCUT2D eigenvalue weighted by molar-refractivity contribution is 5.92. The lowest BCUT2D eigenvalue weighted by Crippen LogP contribution is -2.54. The number of carbonyl (C=O) groups excluding carboxylic acids is 1. The minimum atomic E-state index is -0.687. The summed E-state index contributed by atoms with van der Waals surface area (Å²) in [5.74, 6) is -0.635. The number of anilines is 2. The summed E-state index contributed by atoms with van der Waals surface area (Å²) in [6, 6.07) is 6.66. The van der Waals surface area contributed by atoms with Gasteiger partial charge in [0.1, 0.15) is 17.2 Å². The highest BCUT2D eigenvalue weighted by Gasteiger charge is 2.30. The van der Waals surface area contributed by atoms with Gasteiger partial charge in [-0.25, -0.2) is 13.8 Å². The number of ether oxygens (including phenoxy) is 2. The van der Waals surface area contributed by atoms with E-state index in [1.54, 1.807) is 23.1 Å². The van der Waals surface area contributed by atoms with Crippen molar-refractivity contribution in [3.63, 3.8) is 0 Å². The molecule has 1 saturated heterocycles. The van der Waals surface area contributed by atoms with Gasteiger partial charge >= 0.3 is 0 Å². The smallest absolute Gasteiger partial charge is 0.228 e. The molecular formula is C24H28F2N6O3. The molecule has 4 rings (SSSR count). The molecule has 0 aliphatic carbocycles. The van der Waals surface area contributed by atoms with Gasteiger partial charge in [-0.15, -0.1) is 0 Å². The molecule has 1 aliphatic heterocycles. The Morgan fingerprint density at radius 1 is 1.17 bits per heavy atom. The van der Waals surface area contributed by atoms with Gasteiger partial charge in [0.2, 0.25) is 11.9 Å². The summed E-state index contributed by atoms with van der Waals surface area (Å²) in [5, 5.41) is 0.320. The molecule has 0 radical (unpaired) electrons. The molecule has 1 fully saturated rings. The van der Waals surface area contributed by atoms with Crippen molar-refractivity contribution in [3.05, 3.63) is 47.5 Å². The second-order valence-corrected chi connectivity index (χ2v) is 8.48. The zero-order chi connectivity index (χ0) is 25.3. The molecule has 0 bridgehead atoms. The number of amides is 1. The van der Waals surface area contributed by atoms with Crippen molar-refractivity contribution in [1.29, 1.82) is 0 Å². The van der Waals surface area contributed by atoms with Crippen LogP contribution in [0.4, 0.5) is 20.5 Å². The van der Waals surface area contributed by atoms with Crippen molar-refractivity contribution >= 4 is 28.6 Å². The number of hydrogen-bond donors (Lipinski definition) is 2. The number of hydrogen-bond acceptors (Lipinski definition) is 8. The molecule has 2 atom stereocenters. The maximum atomic E-state index is 15.1. The Bertz CT molecular complexity index is 1240. The molecule has 2 aromatic carbocycles. The highest BCUT2D eigenvalue weighted by atomic mass is 19.1. The van der Waals surface area contributed by atoms with Crippen LogP contribution in [0.5, 0.6) is 11.5 Å². The Balaban J connectivity index is 1.51. The Morgan fingerprint density at radius 2 is 1.89 bits per heavy atom. The normalized spacial score (nSPS) is 16.9. The standard InChI is InChI=1S/C24H28F2N6O3/c1-13-12-31(19(33)11-17(27)14-4-6-15(25)7-5-14)8-9-32(13)24-29-21-16(23(28)30-24)10-18(34-2)22(35-3)20(21)26/h4-7,10,13,17H,8-9,11-12,27H2,1-3H3,(H2,28,29,30). The topological polar surface area (TPSA) is 120 Å². The summed E-state index contributed by atoms with van der Waals surface area (Å²) in [4.78, 5) is 25.3. The van der Waals surface area contributed by atoms with Crippen molar-refractivity contribution < 1.29 is 23.0 Å². The second-order valence-electron chi connectivity index (χ2n) is 8.48. The molecule has 1 aliphatic rings. The average Bonchev–Trinajstić information content (AvgIpc) is 2.84. The molecule has 186 valence electrons. The monoisotopic (exact) mass is 486 g/mol. The second kappa shape index (κ2) is 9.87. The van der Waals surface area contributed by atoms with E-state index in [2.05, 4.69) is 9.97 Å². The Labute approximate surface area is 201 Å². The lowest BCUT2D eigenvalue weighted by atomic mass is 10.0. The largest absolute Gasteiger partial charge is 0.493 e. The Morgan fingerprint density at radius 3 is 2.51 bits per heavy atom. The van der Waals surface area contributed by atoms with Crippen LogP contribution in [0.15, 0.2) is 30.3 Å². The van der Waals surface area contributed by atoms with E-state index in [-0.39, 0.29) is 53.0 Å². The van der Waals surface area contributed by atoms with Gasteiger partial charge in [0.15, 0.2) is 17.3 Å². The number of benzene rings is 2. The molecule has 35 heavy (non-hydrogen) atoms. The van der Waals surface area contributed by atoms with E-state index in [1.165, 1.54) is 26.4 Å². The van der Waals surface area contributed by atoms with Crippen LogP contribution in [-0.2, 0) is 4.79 Å².